The Hall–Kier alpha value is -3.76. The molecule has 0 unspecified atom stereocenters. The van der Waals surface area contributed by atoms with E-state index in [1.165, 1.54) is 23.8 Å². The summed E-state index contributed by atoms with van der Waals surface area (Å²) < 4.78 is 49.8. The number of nitrogens with two attached hydrogens (primary N) is 1. The van der Waals surface area contributed by atoms with E-state index in [4.69, 9.17) is 10.5 Å². The average molecular weight is 524 g/mol. The van der Waals surface area contributed by atoms with Gasteiger partial charge >= 0.3 is 0 Å². The molecular formula is C28H28F3N5O2. The lowest BCUT2D eigenvalue weighted by Crippen LogP contribution is -2.41. The van der Waals surface area contributed by atoms with E-state index in [2.05, 4.69) is 33.2 Å². The third kappa shape index (κ3) is 4.89. The first kappa shape index (κ1) is 25.9. The van der Waals surface area contributed by atoms with Crippen LogP contribution in [0.2, 0.25) is 0 Å². The number of rotatable bonds is 6. The SMILES string of the molecule is CCN(C)Cc1cc(-c2nc(-c3ccc4c(c3)C(F)(F)CNC4=O)c(N)nc2F)ccc1C1=CCOCC1. The largest absolute Gasteiger partial charge is 0.382 e. The maximum absolute atomic E-state index is 15.1. The number of benzene rings is 2. The highest BCUT2D eigenvalue weighted by atomic mass is 19.3. The maximum atomic E-state index is 15.1. The number of nitrogens with zero attached hydrogens (tertiary/aromatic N) is 3. The summed E-state index contributed by atoms with van der Waals surface area (Å²) in [6.07, 6.45) is 2.84. The van der Waals surface area contributed by atoms with Crippen LogP contribution in [-0.2, 0) is 17.2 Å². The van der Waals surface area contributed by atoms with Gasteiger partial charge in [0.1, 0.15) is 11.4 Å². The number of hydrogen-bond donors (Lipinski definition) is 2. The van der Waals surface area contributed by atoms with Crippen molar-refractivity contribution in [2.75, 3.05) is 39.1 Å². The van der Waals surface area contributed by atoms with Gasteiger partial charge in [-0.3, -0.25) is 4.79 Å². The van der Waals surface area contributed by atoms with Crippen LogP contribution < -0.4 is 11.1 Å². The number of fused-ring (bicyclic) bond motifs is 1. The molecular weight excluding hydrogens is 495 g/mol. The van der Waals surface area contributed by atoms with Gasteiger partial charge in [-0.25, -0.2) is 4.98 Å². The number of nitrogens with one attached hydrogen (secondary N) is 1. The third-order valence-corrected chi connectivity index (χ3v) is 6.95. The molecule has 3 N–H and O–H groups in total. The van der Waals surface area contributed by atoms with Crippen molar-refractivity contribution in [3.63, 3.8) is 0 Å². The predicted molar refractivity (Wildman–Crippen MR) is 139 cm³/mol. The molecule has 2 aliphatic rings. The molecule has 0 saturated heterocycles. The topological polar surface area (TPSA) is 93.4 Å². The van der Waals surface area contributed by atoms with Crippen LogP contribution in [0.5, 0.6) is 0 Å². The highest BCUT2D eigenvalue weighted by molar-refractivity contribution is 5.98. The van der Waals surface area contributed by atoms with E-state index in [1.54, 1.807) is 6.07 Å². The zero-order chi connectivity index (χ0) is 27.0. The normalized spacial score (nSPS) is 16.7. The van der Waals surface area contributed by atoms with E-state index in [9.17, 15) is 13.6 Å². The standard InChI is InChI=1S/C28H28F3N5O2/c1-3-36(2)14-19-12-17(4-6-20(19)16-8-10-38-11-9-16)23-25(29)35-26(32)24(34-23)18-5-7-21-22(13-18)28(30,31)15-33-27(21)37/h4-8,12-13H,3,9-11,14-15H2,1-2H3,(H2,32,35)(H,33,37). The minimum atomic E-state index is -3.26. The lowest BCUT2D eigenvalue weighted by molar-refractivity contribution is -0.00833. The van der Waals surface area contributed by atoms with Crippen molar-refractivity contribution < 1.29 is 22.7 Å². The number of halogens is 3. The van der Waals surface area contributed by atoms with Crippen molar-refractivity contribution in [2.45, 2.75) is 25.8 Å². The molecule has 2 aliphatic heterocycles. The zero-order valence-corrected chi connectivity index (χ0v) is 21.2. The van der Waals surface area contributed by atoms with Gasteiger partial charge in [0.2, 0.25) is 5.95 Å². The molecule has 3 heterocycles. The minimum absolute atomic E-state index is 0.0377. The quantitative estimate of drug-likeness (QED) is 0.490. The predicted octanol–water partition coefficient (Wildman–Crippen LogP) is 4.62. The van der Waals surface area contributed by atoms with Gasteiger partial charge in [-0.1, -0.05) is 31.2 Å². The summed E-state index contributed by atoms with van der Waals surface area (Å²) in [6, 6.07) is 9.55. The van der Waals surface area contributed by atoms with Crippen LogP contribution in [-0.4, -0.2) is 54.1 Å². The third-order valence-electron chi connectivity index (χ3n) is 6.95. The van der Waals surface area contributed by atoms with Crippen LogP contribution >= 0.6 is 0 Å². The molecule has 3 aromatic rings. The zero-order valence-electron chi connectivity index (χ0n) is 21.2. The molecule has 7 nitrogen and oxygen atoms in total. The Labute approximate surface area is 218 Å². The Bertz CT molecular complexity index is 1440. The first-order chi connectivity index (χ1) is 18.2. The second-order valence-corrected chi connectivity index (χ2v) is 9.50. The van der Waals surface area contributed by atoms with E-state index >= 15 is 4.39 Å². The number of alkyl halides is 2. The van der Waals surface area contributed by atoms with Crippen molar-refractivity contribution in [1.29, 1.82) is 0 Å². The van der Waals surface area contributed by atoms with Gasteiger partial charge < -0.3 is 20.7 Å². The highest BCUT2D eigenvalue weighted by Crippen LogP contribution is 2.37. The lowest BCUT2D eigenvalue weighted by atomic mass is 9.93. The summed E-state index contributed by atoms with van der Waals surface area (Å²) in [5.41, 5.74) is 9.43. The molecule has 0 atom stereocenters. The van der Waals surface area contributed by atoms with Crippen LogP contribution in [0.3, 0.4) is 0 Å². The Morgan fingerprint density at radius 3 is 2.55 bits per heavy atom. The van der Waals surface area contributed by atoms with Crippen LogP contribution in [0.15, 0.2) is 42.5 Å². The van der Waals surface area contributed by atoms with Crippen LogP contribution in [0.25, 0.3) is 28.1 Å². The van der Waals surface area contributed by atoms with Gasteiger partial charge in [0.05, 0.1) is 19.8 Å². The van der Waals surface area contributed by atoms with Gasteiger partial charge in [0, 0.05) is 28.8 Å². The Balaban J connectivity index is 1.60. The molecule has 1 amide bonds. The summed E-state index contributed by atoms with van der Waals surface area (Å²) in [6.45, 7) is 3.90. The molecule has 0 spiro atoms. The summed E-state index contributed by atoms with van der Waals surface area (Å²) in [4.78, 5) is 22.5. The van der Waals surface area contributed by atoms with E-state index < -0.39 is 29.9 Å². The average Bonchev–Trinajstić information content (AvgIpc) is 2.91. The minimum Gasteiger partial charge on any atom is -0.382 e. The Kier molecular flexibility index (Phi) is 6.93. The van der Waals surface area contributed by atoms with Crippen molar-refractivity contribution in [1.82, 2.24) is 20.2 Å². The van der Waals surface area contributed by atoms with Gasteiger partial charge in [-0.05, 0) is 54.9 Å². The molecule has 198 valence electrons. The van der Waals surface area contributed by atoms with E-state index in [1.807, 2.05) is 19.2 Å². The van der Waals surface area contributed by atoms with Crippen LogP contribution in [0.4, 0.5) is 19.0 Å². The van der Waals surface area contributed by atoms with Crippen LogP contribution in [0.1, 0.15) is 40.4 Å². The monoisotopic (exact) mass is 523 g/mol. The number of hydrogen-bond acceptors (Lipinski definition) is 6. The summed E-state index contributed by atoms with van der Waals surface area (Å²) in [7, 11) is 2.00. The summed E-state index contributed by atoms with van der Waals surface area (Å²) in [5, 5.41) is 2.18. The summed E-state index contributed by atoms with van der Waals surface area (Å²) >= 11 is 0. The van der Waals surface area contributed by atoms with E-state index in [0.29, 0.717) is 25.3 Å². The maximum Gasteiger partial charge on any atom is 0.290 e. The lowest BCUT2D eigenvalue weighted by Gasteiger charge is -2.26. The smallest absolute Gasteiger partial charge is 0.290 e. The second-order valence-electron chi connectivity index (χ2n) is 9.50. The number of amides is 1. The molecule has 10 heteroatoms. The van der Waals surface area contributed by atoms with Crippen LogP contribution in [0, 0.1) is 5.95 Å². The number of carbonyl (C=O) groups is 1. The summed E-state index contributed by atoms with van der Waals surface area (Å²) in [5.74, 6) is -4.94. The number of anilines is 1. The first-order valence-corrected chi connectivity index (χ1v) is 12.4. The molecule has 1 aromatic heterocycles. The number of carbonyl (C=O) groups excluding carboxylic acids is 1. The molecule has 38 heavy (non-hydrogen) atoms. The number of nitrogen functional groups attached to an aromatic ring is 1. The van der Waals surface area contributed by atoms with E-state index in [-0.39, 0.29) is 28.3 Å². The second kappa shape index (κ2) is 10.2. The first-order valence-electron chi connectivity index (χ1n) is 12.4. The highest BCUT2D eigenvalue weighted by Gasteiger charge is 2.40. The fourth-order valence-electron chi connectivity index (χ4n) is 4.76. The van der Waals surface area contributed by atoms with Gasteiger partial charge in [0.15, 0.2) is 5.82 Å². The van der Waals surface area contributed by atoms with E-state index in [0.717, 1.165) is 24.1 Å². The molecule has 0 aliphatic carbocycles. The Morgan fingerprint density at radius 2 is 1.84 bits per heavy atom. The molecule has 5 rings (SSSR count). The van der Waals surface area contributed by atoms with Gasteiger partial charge in [-0.15, -0.1) is 0 Å². The molecule has 0 radical (unpaired) electrons. The fraction of sp³-hybridized carbons (Fsp3) is 0.321. The van der Waals surface area contributed by atoms with Gasteiger partial charge in [0.25, 0.3) is 11.8 Å². The van der Waals surface area contributed by atoms with Crippen molar-refractivity contribution in [3.8, 4) is 22.5 Å². The molecule has 2 aromatic carbocycles. The Morgan fingerprint density at radius 1 is 1.11 bits per heavy atom. The number of ether oxygens (including phenoxy) is 1. The molecule has 0 fully saturated rings. The fourth-order valence-corrected chi connectivity index (χ4v) is 4.76. The van der Waals surface area contributed by atoms with Crippen molar-refractivity contribution >= 4 is 17.3 Å². The van der Waals surface area contributed by atoms with Gasteiger partial charge in [-0.2, -0.15) is 18.2 Å². The van der Waals surface area contributed by atoms with Crippen molar-refractivity contribution in [3.05, 3.63) is 70.7 Å². The number of aromatic nitrogens is 2. The molecule has 0 saturated carbocycles. The molecule has 0 bridgehead atoms. The van der Waals surface area contributed by atoms with Crippen molar-refractivity contribution in [2.24, 2.45) is 0 Å².